The molecule has 1 heterocycles. The summed E-state index contributed by atoms with van der Waals surface area (Å²) in [5.74, 6) is -2.00. The van der Waals surface area contributed by atoms with Crippen LogP contribution in [0.15, 0.2) is 23.3 Å². The highest BCUT2D eigenvalue weighted by molar-refractivity contribution is 6.28. The van der Waals surface area contributed by atoms with E-state index in [2.05, 4.69) is 0 Å². The number of ketones is 2. The van der Waals surface area contributed by atoms with Gasteiger partial charge in [-0.2, -0.15) is 0 Å². The summed E-state index contributed by atoms with van der Waals surface area (Å²) >= 11 is 0. The maximum atomic E-state index is 12.8. The fourth-order valence-corrected chi connectivity index (χ4v) is 2.97. The number of phenols is 1. The van der Waals surface area contributed by atoms with Crippen molar-refractivity contribution >= 4 is 11.6 Å². The number of Topliss-reactive ketones (excluding diaryl/α,β-unsaturated/α-hetero) is 2. The molecule has 0 saturated carbocycles. The maximum absolute atomic E-state index is 12.8. The average molecular weight is 304 g/mol. The summed E-state index contributed by atoms with van der Waals surface area (Å²) in [7, 11) is 2.84. The standard InChI is InChI=1S/C16H16O6/c1-16(21-3)13-9(4-5-22-16)14(18)10-6-8(20-2)7-11(17)12(10)15(13)19/h6-7,17H,4-5H2,1-3H3/t16-/m0/s1. The number of hydrogen-bond donors (Lipinski definition) is 1. The molecule has 0 fully saturated rings. The van der Waals surface area contributed by atoms with E-state index in [1.54, 1.807) is 6.92 Å². The predicted octanol–water partition coefficient (Wildman–Crippen LogP) is 1.86. The lowest BCUT2D eigenvalue weighted by Gasteiger charge is -2.37. The Morgan fingerprint density at radius 2 is 1.95 bits per heavy atom. The Labute approximate surface area is 127 Å². The summed E-state index contributed by atoms with van der Waals surface area (Å²) < 4.78 is 15.9. The highest BCUT2D eigenvalue weighted by Gasteiger charge is 2.46. The minimum Gasteiger partial charge on any atom is -0.507 e. The second-order valence-electron chi connectivity index (χ2n) is 5.33. The van der Waals surface area contributed by atoms with Crippen LogP contribution in [0.1, 0.15) is 34.1 Å². The van der Waals surface area contributed by atoms with E-state index in [1.165, 1.54) is 26.4 Å². The summed E-state index contributed by atoms with van der Waals surface area (Å²) in [5, 5.41) is 10.1. The quantitative estimate of drug-likeness (QED) is 0.898. The van der Waals surface area contributed by atoms with Crippen molar-refractivity contribution in [3.8, 4) is 11.5 Å². The van der Waals surface area contributed by atoms with Gasteiger partial charge in [-0.1, -0.05) is 0 Å². The number of methoxy groups -OCH3 is 2. The van der Waals surface area contributed by atoms with Gasteiger partial charge >= 0.3 is 0 Å². The van der Waals surface area contributed by atoms with Crippen molar-refractivity contribution in [3.63, 3.8) is 0 Å². The van der Waals surface area contributed by atoms with Crippen LogP contribution in [0.4, 0.5) is 0 Å². The number of carbonyl (C=O) groups is 2. The Morgan fingerprint density at radius 1 is 1.23 bits per heavy atom. The zero-order valence-corrected chi connectivity index (χ0v) is 12.6. The van der Waals surface area contributed by atoms with E-state index in [1.807, 2.05) is 0 Å². The third-order valence-corrected chi connectivity index (χ3v) is 4.17. The van der Waals surface area contributed by atoms with Crippen LogP contribution < -0.4 is 4.74 Å². The number of hydrogen-bond acceptors (Lipinski definition) is 6. The van der Waals surface area contributed by atoms with Gasteiger partial charge in [0.05, 0.1) is 24.9 Å². The van der Waals surface area contributed by atoms with Crippen molar-refractivity contribution in [2.24, 2.45) is 0 Å². The monoisotopic (exact) mass is 304 g/mol. The van der Waals surface area contributed by atoms with E-state index in [0.29, 0.717) is 17.7 Å². The van der Waals surface area contributed by atoms with Crippen molar-refractivity contribution in [2.45, 2.75) is 19.1 Å². The molecule has 1 aliphatic heterocycles. The van der Waals surface area contributed by atoms with Crippen molar-refractivity contribution in [1.82, 2.24) is 0 Å². The lowest BCUT2D eigenvalue weighted by atomic mass is 9.78. The largest absolute Gasteiger partial charge is 0.507 e. The van der Waals surface area contributed by atoms with Gasteiger partial charge in [-0.05, 0) is 13.0 Å². The summed E-state index contributed by atoms with van der Waals surface area (Å²) in [4.78, 5) is 25.6. The Kier molecular flexibility index (Phi) is 3.30. The second kappa shape index (κ2) is 4.93. The first-order chi connectivity index (χ1) is 10.4. The first kappa shape index (κ1) is 14.7. The first-order valence-corrected chi connectivity index (χ1v) is 6.86. The normalized spacial score (nSPS) is 24.1. The molecule has 1 atom stereocenters. The van der Waals surface area contributed by atoms with Gasteiger partial charge < -0.3 is 19.3 Å². The number of fused-ring (bicyclic) bond motifs is 1. The van der Waals surface area contributed by atoms with Crippen LogP contribution in [-0.4, -0.2) is 43.3 Å². The highest BCUT2D eigenvalue weighted by atomic mass is 16.7. The minimum absolute atomic E-state index is 0.0293. The van der Waals surface area contributed by atoms with Crippen LogP contribution in [0, 0.1) is 0 Å². The molecule has 1 aromatic carbocycles. The Bertz CT molecular complexity index is 718. The number of phenolic OH excluding ortho intramolecular Hbond substituents is 1. The van der Waals surface area contributed by atoms with Gasteiger partial charge in [0.15, 0.2) is 17.4 Å². The van der Waals surface area contributed by atoms with Crippen LogP contribution in [0.5, 0.6) is 11.5 Å². The number of ether oxygens (including phenoxy) is 3. The van der Waals surface area contributed by atoms with Crippen molar-refractivity contribution in [3.05, 3.63) is 34.4 Å². The molecule has 0 bridgehead atoms. The molecule has 3 rings (SSSR count). The molecule has 2 aliphatic rings. The molecule has 0 unspecified atom stereocenters. The highest BCUT2D eigenvalue weighted by Crippen LogP contribution is 2.42. The minimum atomic E-state index is -1.29. The van der Waals surface area contributed by atoms with Crippen LogP contribution in [0.25, 0.3) is 0 Å². The van der Waals surface area contributed by atoms with E-state index in [0.717, 1.165) is 0 Å². The summed E-state index contributed by atoms with van der Waals surface area (Å²) in [5.41, 5.74) is 0.666. The number of rotatable bonds is 2. The molecular formula is C16H16O6. The molecule has 6 nitrogen and oxygen atoms in total. The van der Waals surface area contributed by atoms with Gasteiger partial charge in [0.25, 0.3) is 0 Å². The zero-order chi connectivity index (χ0) is 16.1. The molecule has 1 aliphatic carbocycles. The van der Waals surface area contributed by atoms with Gasteiger partial charge in [-0.3, -0.25) is 9.59 Å². The predicted molar refractivity (Wildman–Crippen MR) is 76.3 cm³/mol. The third kappa shape index (κ3) is 1.88. The summed E-state index contributed by atoms with van der Waals surface area (Å²) in [6.45, 7) is 1.88. The SMILES string of the molecule is COc1cc(O)c2c(c1)C(=O)C1=C(C2=O)[C@@](C)(OC)OCC1. The second-order valence-corrected chi connectivity index (χ2v) is 5.33. The van der Waals surface area contributed by atoms with Gasteiger partial charge in [-0.25, -0.2) is 0 Å². The van der Waals surface area contributed by atoms with Gasteiger partial charge in [0.2, 0.25) is 0 Å². The Balaban J connectivity index is 2.26. The molecule has 0 saturated heterocycles. The Morgan fingerprint density at radius 3 is 2.59 bits per heavy atom. The van der Waals surface area contributed by atoms with E-state index in [9.17, 15) is 14.7 Å². The molecule has 0 amide bonds. The maximum Gasteiger partial charge on any atom is 0.199 e. The molecule has 1 N–H and O–H groups in total. The fourth-order valence-electron chi connectivity index (χ4n) is 2.97. The van der Waals surface area contributed by atoms with Crippen LogP contribution in [0.2, 0.25) is 0 Å². The fraction of sp³-hybridized carbons (Fsp3) is 0.375. The molecule has 0 radical (unpaired) electrons. The molecule has 1 aromatic rings. The van der Waals surface area contributed by atoms with E-state index >= 15 is 0 Å². The molecule has 6 heteroatoms. The number of carbonyl (C=O) groups excluding carboxylic acids is 2. The number of benzene rings is 1. The summed E-state index contributed by atoms with van der Waals surface area (Å²) in [6, 6.07) is 2.78. The average Bonchev–Trinajstić information content (AvgIpc) is 2.51. The van der Waals surface area contributed by atoms with Crippen LogP contribution in [0.3, 0.4) is 0 Å². The number of aromatic hydroxyl groups is 1. The van der Waals surface area contributed by atoms with E-state index < -0.39 is 11.6 Å². The van der Waals surface area contributed by atoms with E-state index in [4.69, 9.17) is 14.2 Å². The molecular weight excluding hydrogens is 288 g/mol. The van der Waals surface area contributed by atoms with Crippen molar-refractivity contribution in [2.75, 3.05) is 20.8 Å². The van der Waals surface area contributed by atoms with Gasteiger partial charge in [0, 0.05) is 30.7 Å². The lowest BCUT2D eigenvalue weighted by molar-refractivity contribution is -0.186. The molecule has 0 aromatic heterocycles. The first-order valence-electron chi connectivity index (χ1n) is 6.86. The molecule has 22 heavy (non-hydrogen) atoms. The van der Waals surface area contributed by atoms with E-state index in [-0.39, 0.29) is 34.8 Å². The lowest BCUT2D eigenvalue weighted by Crippen LogP contribution is -2.44. The third-order valence-electron chi connectivity index (χ3n) is 4.17. The molecule has 0 spiro atoms. The van der Waals surface area contributed by atoms with Crippen molar-refractivity contribution in [1.29, 1.82) is 0 Å². The Hall–Kier alpha value is -2.18. The van der Waals surface area contributed by atoms with Crippen LogP contribution in [-0.2, 0) is 9.47 Å². The summed E-state index contributed by atoms with van der Waals surface area (Å²) in [6.07, 6.45) is 0.330. The smallest absolute Gasteiger partial charge is 0.199 e. The topological polar surface area (TPSA) is 82.1 Å². The zero-order valence-electron chi connectivity index (χ0n) is 12.6. The molecule has 116 valence electrons. The van der Waals surface area contributed by atoms with Crippen molar-refractivity contribution < 1.29 is 28.9 Å². The van der Waals surface area contributed by atoms with Gasteiger partial charge in [0.1, 0.15) is 11.5 Å². The van der Waals surface area contributed by atoms with Crippen LogP contribution >= 0.6 is 0 Å². The van der Waals surface area contributed by atoms with Gasteiger partial charge in [-0.15, -0.1) is 0 Å².